The van der Waals surface area contributed by atoms with Crippen LogP contribution in [0.2, 0.25) is 0 Å². The van der Waals surface area contributed by atoms with Crippen molar-refractivity contribution in [3.05, 3.63) is 0 Å². The molecule has 11 heavy (non-hydrogen) atoms. The molecule has 2 nitrogen and oxygen atoms in total. The van der Waals surface area contributed by atoms with Gasteiger partial charge < -0.3 is 10.2 Å². The van der Waals surface area contributed by atoms with Gasteiger partial charge in [-0.15, -0.1) is 0 Å². The number of likely N-dealkylation sites (N-methyl/N-ethyl adjacent to an activating group) is 2. The van der Waals surface area contributed by atoms with E-state index in [4.69, 9.17) is 0 Å². The molecule has 0 saturated carbocycles. The van der Waals surface area contributed by atoms with Crippen molar-refractivity contribution >= 4 is 11.8 Å². The first-order valence-electron chi connectivity index (χ1n) is 4.13. The SMILES string of the molecule is CNCCN(C)CCCSC. The molecular formula is C8H20N2S. The van der Waals surface area contributed by atoms with E-state index in [1.807, 2.05) is 18.8 Å². The molecule has 3 heteroatoms. The average molecular weight is 176 g/mol. The Bertz CT molecular complexity index is 78.5. The molecule has 0 aromatic rings. The van der Waals surface area contributed by atoms with Crippen molar-refractivity contribution in [2.24, 2.45) is 0 Å². The van der Waals surface area contributed by atoms with Gasteiger partial charge in [-0.3, -0.25) is 0 Å². The molecule has 0 aliphatic heterocycles. The van der Waals surface area contributed by atoms with Crippen molar-refractivity contribution in [1.82, 2.24) is 10.2 Å². The molecule has 0 aromatic heterocycles. The highest BCUT2D eigenvalue weighted by molar-refractivity contribution is 7.98. The van der Waals surface area contributed by atoms with Crippen molar-refractivity contribution in [2.45, 2.75) is 6.42 Å². The van der Waals surface area contributed by atoms with Crippen molar-refractivity contribution in [3.63, 3.8) is 0 Å². The van der Waals surface area contributed by atoms with E-state index in [1.54, 1.807) is 0 Å². The molecule has 0 aromatic carbocycles. The fourth-order valence-corrected chi connectivity index (χ4v) is 1.31. The first kappa shape index (κ1) is 11.3. The van der Waals surface area contributed by atoms with E-state index in [2.05, 4.69) is 23.5 Å². The lowest BCUT2D eigenvalue weighted by molar-refractivity contribution is 0.337. The van der Waals surface area contributed by atoms with E-state index in [0.29, 0.717) is 0 Å². The maximum absolute atomic E-state index is 3.14. The van der Waals surface area contributed by atoms with E-state index in [0.717, 1.165) is 13.1 Å². The van der Waals surface area contributed by atoms with Crippen LogP contribution in [0.15, 0.2) is 0 Å². The third kappa shape index (κ3) is 8.17. The van der Waals surface area contributed by atoms with Gasteiger partial charge in [-0.25, -0.2) is 0 Å². The Morgan fingerprint density at radius 2 is 2.09 bits per heavy atom. The molecule has 0 amide bonds. The Balaban J connectivity index is 3.02. The van der Waals surface area contributed by atoms with Crippen LogP contribution in [0, 0.1) is 0 Å². The third-order valence-electron chi connectivity index (χ3n) is 1.63. The standard InChI is InChI=1S/C8H20N2S/c1-9-5-7-10(2)6-4-8-11-3/h9H,4-8H2,1-3H3. The van der Waals surface area contributed by atoms with Gasteiger partial charge in [0.05, 0.1) is 0 Å². The van der Waals surface area contributed by atoms with Gasteiger partial charge in [0.25, 0.3) is 0 Å². The quantitative estimate of drug-likeness (QED) is 0.580. The minimum Gasteiger partial charge on any atom is -0.318 e. The van der Waals surface area contributed by atoms with E-state index >= 15 is 0 Å². The number of thioether (sulfide) groups is 1. The maximum Gasteiger partial charge on any atom is 0.0104 e. The van der Waals surface area contributed by atoms with Crippen LogP contribution in [0.1, 0.15) is 6.42 Å². The molecule has 0 aliphatic carbocycles. The highest BCUT2D eigenvalue weighted by atomic mass is 32.2. The Hall–Kier alpha value is 0.270. The summed E-state index contributed by atoms with van der Waals surface area (Å²) in [7, 11) is 4.17. The molecule has 0 bridgehead atoms. The van der Waals surface area contributed by atoms with Gasteiger partial charge in [0, 0.05) is 13.1 Å². The zero-order valence-corrected chi connectivity index (χ0v) is 8.71. The summed E-state index contributed by atoms with van der Waals surface area (Å²) in [6, 6.07) is 0. The molecule has 0 spiro atoms. The van der Waals surface area contributed by atoms with Gasteiger partial charge in [-0.2, -0.15) is 11.8 Å². The van der Waals surface area contributed by atoms with Gasteiger partial charge in [-0.05, 0) is 39.1 Å². The second-order valence-electron chi connectivity index (χ2n) is 2.75. The molecule has 1 N–H and O–H groups in total. The average Bonchev–Trinajstić information content (AvgIpc) is 2.01. The van der Waals surface area contributed by atoms with Gasteiger partial charge in [0.2, 0.25) is 0 Å². The summed E-state index contributed by atoms with van der Waals surface area (Å²) in [5.41, 5.74) is 0. The molecular weight excluding hydrogens is 156 g/mol. The van der Waals surface area contributed by atoms with Crippen molar-refractivity contribution in [1.29, 1.82) is 0 Å². The van der Waals surface area contributed by atoms with Gasteiger partial charge in [0.15, 0.2) is 0 Å². The lowest BCUT2D eigenvalue weighted by Crippen LogP contribution is -2.28. The maximum atomic E-state index is 3.14. The highest BCUT2D eigenvalue weighted by Crippen LogP contribution is 1.96. The number of nitrogens with one attached hydrogen (secondary N) is 1. The second-order valence-corrected chi connectivity index (χ2v) is 3.74. The van der Waals surface area contributed by atoms with Crippen molar-refractivity contribution in [2.75, 3.05) is 45.7 Å². The number of rotatable bonds is 7. The zero-order chi connectivity index (χ0) is 8.53. The first-order chi connectivity index (χ1) is 5.31. The van der Waals surface area contributed by atoms with Crippen LogP contribution in [0.25, 0.3) is 0 Å². The number of hydrogen-bond acceptors (Lipinski definition) is 3. The van der Waals surface area contributed by atoms with Crippen molar-refractivity contribution in [3.8, 4) is 0 Å². The first-order valence-corrected chi connectivity index (χ1v) is 5.52. The topological polar surface area (TPSA) is 15.3 Å². The molecule has 0 unspecified atom stereocenters. The molecule has 0 rings (SSSR count). The monoisotopic (exact) mass is 176 g/mol. The van der Waals surface area contributed by atoms with Crippen LogP contribution in [0.3, 0.4) is 0 Å². The van der Waals surface area contributed by atoms with Gasteiger partial charge in [0.1, 0.15) is 0 Å². The molecule has 0 saturated heterocycles. The summed E-state index contributed by atoms with van der Waals surface area (Å²) in [6.45, 7) is 3.48. The smallest absolute Gasteiger partial charge is 0.0104 e. The molecule has 0 atom stereocenters. The van der Waals surface area contributed by atoms with Crippen molar-refractivity contribution < 1.29 is 0 Å². The summed E-state index contributed by atoms with van der Waals surface area (Å²) in [5, 5.41) is 3.14. The summed E-state index contributed by atoms with van der Waals surface area (Å²) >= 11 is 1.93. The van der Waals surface area contributed by atoms with Crippen LogP contribution in [0.4, 0.5) is 0 Å². The summed E-state index contributed by atoms with van der Waals surface area (Å²) in [5.74, 6) is 1.28. The molecule has 0 radical (unpaired) electrons. The highest BCUT2D eigenvalue weighted by Gasteiger charge is 1.95. The lowest BCUT2D eigenvalue weighted by Gasteiger charge is -2.15. The van der Waals surface area contributed by atoms with E-state index < -0.39 is 0 Å². The van der Waals surface area contributed by atoms with Crippen LogP contribution < -0.4 is 5.32 Å². The van der Waals surface area contributed by atoms with Gasteiger partial charge >= 0.3 is 0 Å². The van der Waals surface area contributed by atoms with E-state index in [1.165, 1.54) is 18.7 Å². The molecule has 68 valence electrons. The summed E-state index contributed by atoms with van der Waals surface area (Å²) in [6.07, 6.45) is 3.47. The van der Waals surface area contributed by atoms with Crippen LogP contribution >= 0.6 is 11.8 Å². The van der Waals surface area contributed by atoms with Crippen LogP contribution in [0.5, 0.6) is 0 Å². The Morgan fingerprint density at radius 1 is 1.36 bits per heavy atom. The molecule has 0 fully saturated rings. The second kappa shape index (κ2) is 8.37. The van der Waals surface area contributed by atoms with E-state index in [-0.39, 0.29) is 0 Å². The van der Waals surface area contributed by atoms with E-state index in [9.17, 15) is 0 Å². The lowest BCUT2D eigenvalue weighted by atomic mass is 10.4. The van der Waals surface area contributed by atoms with Crippen LogP contribution in [-0.4, -0.2) is 50.6 Å². The summed E-state index contributed by atoms with van der Waals surface area (Å²) < 4.78 is 0. The third-order valence-corrected chi connectivity index (χ3v) is 2.33. The largest absolute Gasteiger partial charge is 0.318 e. The summed E-state index contributed by atoms with van der Waals surface area (Å²) in [4.78, 5) is 2.37. The Labute approximate surface area is 74.7 Å². The zero-order valence-electron chi connectivity index (χ0n) is 7.89. The molecule has 0 aliphatic rings. The minimum atomic E-state index is 1.09. The Kier molecular flexibility index (Phi) is 8.57. The predicted molar refractivity (Wildman–Crippen MR) is 54.4 cm³/mol. The fourth-order valence-electron chi connectivity index (χ4n) is 0.893. The van der Waals surface area contributed by atoms with Crippen LogP contribution in [-0.2, 0) is 0 Å². The molecule has 0 heterocycles. The Morgan fingerprint density at radius 3 is 2.64 bits per heavy atom. The number of hydrogen-bond donors (Lipinski definition) is 1. The normalized spacial score (nSPS) is 10.9. The fraction of sp³-hybridized carbons (Fsp3) is 1.00. The predicted octanol–water partition coefficient (Wildman–Crippen LogP) is 0.891. The number of nitrogens with zero attached hydrogens (tertiary/aromatic N) is 1. The van der Waals surface area contributed by atoms with Gasteiger partial charge in [-0.1, -0.05) is 0 Å². The minimum absolute atomic E-state index is 1.09.